The van der Waals surface area contributed by atoms with Crippen molar-refractivity contribution in [3.05, 3.63) is 11.9 Å². The zero-order valence-electron chi connectivity index (χ0n) is 9.82. The van der Waals surface area contributed by atoms with E-state index in [9.17, 15) is 0 Å². The molecule has 1 atom stereocenters. The molecule has 4 nitrogen and oxygen atoms in total. The summed E-state index contributed by atoms with van der Waals surface area (Å²) in [6.45, 7) is 4.24. The molecule has 0 radical (unpaired) electrons. The number of likely N-dealkylation sites (N-methyl/N-ethyl adjacent to an activating group) is 1. The quantitative estimate of drug-likeness (QED) is 0.784. The average molecular weight is 208 g/mol. The number of piperidine rings is 1. The van der Waals surface area contributed by atoms with Gasteiger partial charge in [-0.25, -0.2) is 4.98 Å². The van der Waals surface area contributed by atoms with E-state index in [1.165, 1.54) is 12.8 Å². The van der Waals surface area contributed by atoms with E-state index < -0.39 is 0 Å². The summed E-state index contributed by atoms with van der Waals surface area (Å²) in [4.78, 5) is 6.94. The van der Waals surface area contributed by atoms with Crippen molar-refractivity contribution in [1.29, 1.82) is 0 Å². The van der Waals surface area contributed by atoms with E-state index in [1.807, 2.05) is 14.0 Å². The SMILES string of the molecule is CNC1CCCN(c2nc(C)cn2C)C1. The molecule has 2 heterocycles. The highest BCUT2D eigenvalue weighted by molar-refractivity contribution is 5.34. The van der Waals surface area contributed by atoms with Crippen molar-refractivity contribution in [3.63, 3.8) is 0 Å². The van der Waals surface area contributed by atoms with Gasteiger partial charge in [0.1, 0.15) is 0 Å². The Morgan fingerprint density at radius 1 is 1.53 bits per heavy atom. The molecule has 15 heavy (non-hydrogen) atoms. The molecule has 0 aliphatic carbocycles. The second-order valence-corrected chi connectivity index (χ2v) is 4.37. The van der Waals surface area contributed by atoms with E-state index in [2.05, 4.69) is 33.0 Å². The van der Waals surface area contributed by atoms with Gasteiger partial charge in [-0.3, -0.25) is 0 Å². The summed E-state index contributed by atoms with van der Waals surface area (Å²) in [5.74, 6) is 1.10. The number of hydrogen-bond acceptors (Lipinski definition) is 3. The monoisotopic (exact) mass is 208 g/mol. The van der Waals surface area contributed by atoms with Crippen LogP contribution in [0.5, 0.6) is 0 Å². The zero-order valence-corrected chi connectivity index (χ0v) is 9.82. The second kappa shape index (κ2) is 4.23. The first-order chi connectivity index (χ1) is 7.20. The predicted molar refractivity (Wildman–Crippen MR) is 62.2 cm³/mol. The molecule has 84 valence electrons. The van der Waals surface area contributed by atoms with Crippen LogP contribution in [-0.4, -0.2) is 35.7 Å². The van der Waals surface area contributed by atoms with Gasteiger partial charge in [0.05, 0.1) is 5.69 Å². The van der Waals surface area contributed by atoms with Crippen LogP contribution in [0.2, 0.25) is 0 Å². The topological polar surface area (TPSA) is 33.1 Å². The van der Waals surface area contributed by atoms with Crippen LogP contribution < -0.4 is 10.2 Å². The standard InChI is InChI=1S/C11H20N4/c1-9-7-14(3)11(13-9)15-6-4-5-10(8-15)12-2/h7,10,12H,4-6,8H2,1-3H3. The molecule has 0 spiro atoms. The maximum Gasteiger partial charge on any atom is 0.205 e. The number of aromatic nitrogens is 2. The van der Waals surface area contributed by atoms with E-state index >= 15 is 0 Å². The number of aryl methyl sites for hydroxylation is 2. The number of anilines is 1. The minimum Gasteiger partial charge on any atom is -0.341 e. The van der Waals surface area contributed by atoms with Crippen molar-refractivity contribution in [2.24, 2.45) is 7.05 Å². The number of nitrogens with zero attached hydrogens (tertiary/aromatic N) is 3. The van der Waals surface area contributed by atoms with Gasteiger partial charge in [0.15, 0.2) is 0 Å². The first-order valence-corrected chi connectivity index (χ1v) is 5.63. The third-order valence-electron chi connectivity index (χ3n) is 3.08. The van der Waals surface area contributed by atoms with Gasteiger partial charge in [0.2, 0.25) is 5.95 Å². The fraction of sp³-hybridized carbons (Fsp3) is 0.727. The molecule has 2 rings (SSSR count). The van der Waals surface area contributed by atoms with Gasteiger partial charge in [0.25, 0.3) is 0 Å². The molecule has 4 heteroatoms. The van der Waals surface area contributed by atoms with Crippen LogP contribution in [0.15, 0.2) is 6.20 Å². The van der Waals surface area contributed by atoms with Crippen molar-refractivity contribution in [1.82, 2.24) is 14.9 Å². The molecule has 1 unspecified atom stereocenters. The fourth-order valence-corrected chi connectivity index (χ4v) is 2.29. The molecule has 0 amide bonds. The highest BCUT2D eigenvalue weighted by Gasteiger charge is 2.21. The van der Waals surface area contributed by atoms with Crippen LogP contribution in [0.3, 0.4) is 0 Å². The molecular weight excluding hydrogens is 188 g/mol. The summed E-state index contributed by atoms with van der Waals surface area (Å²) in [5, 5.41) is 3.35. The van der Waals surface area contributed by atoms with Crippen LogP contribution in [0.4, 0.5) is 5.95 Å². The van der Waals surface area contributed by atoms with Gasteiger partial charge < -0.3 is 14.8 Å². The smallest absolute Gasteiger partial charge is 0.205 e. The number of nitrogens with one attached hydrogen (secondary N) is 1. The molecule has 0 bridgehead atoms. The normalized spacial score (nSPS) is 22.1. The van der Waals surface area contributed by atoms with E-state index in [-0.39, 0.29) is 0 Å². The van der Waals surface area contributed by atoms with Crippen molar-refractivity contribution in [3.8, 4) is 0 Å². The van der Waals surface area contributed by atoms with E-state index in [0.29, 0.717) is 6.04 Å². The second-order valence-electron chi connectivity index (χ2n) is 4.37. The lowest BCUT2D eigenvalue weighted by Gasteiger charge is -2.33. The van der Waals surface area contributed by atoms with Crippen molar-refractivity contribution < 1.29 is 0 Å². The summed E-state index contributed by atoms with van der Waals surface area (Å²) in [5.41, 5.74) is 1.10. The largest absolute Gasteiger partial charge is 0.341 e. The maximum absolute atomic E-state index is 4.56. The number of hydrogen-bond donors (Lipinski definition) is 1. The van der Waals surface area contributed by atoms with Crippen LogP contribution in [-0.2, 0) is 7.05 Å². The third-order valence-corrected chi connectivity index (χ3v) is 3.08. The van der Waals surface area contributed by atoms with Crippen LogP contribution in [0.25, 0.3) is 0 Å². The Kier molecular flexibility index (Phi) is 2.95. The Bertz CT molecular complexity index is 331. The minimum absolute atomic E-state index is 0.607. The molecule has 1 saturated heterocycles. The Hall–Kier alpha value is -1.03. The van der Waals surface area contributed by atoms with Gasteiger partial charge in [-0.15, -0.1) is 0 Å². The molecule has 1 fully saturated rings. The van der Waals surface area contributed by atoms with Crippen molar-refractivity contribution in [2.75, 3.05) is 25.0 Å². The lowest BCUT2D eigenvalue weighted by Crippen LogP contribution is -2.45. The minimum atomic E-state index is 0.607. The molecule has 1 aliphatic rings. The van der Waals surface area contributed by atoms with Crippen LogP contribution in [0.1, 0.15) is 18.5 Å². The Morgan fingerprint density at radius 3 is 2.93 bits per heavy atom. The van der Waals surface area contributed by atoms with Crippen LogP contribution >= 0.6 is 0 Å². The summed E-state index contributed by atoms with van der Waals surface area (Å²) in [6.07, 6.45) is 4.60. The number of rotatable bonds is 2. The fourth-order valence-electron chi connectivity index (χ4n) is 2.29. The summed E-state index contributed by atoms with van der Waals surface area (Å²) in [7, 11) is 4.11. The molecule has 1 aliphatic heterocycles. The lowest BCUT2D eigenvalue weighted by atomic mass is 10.1. The summed E-state index contributed by atoms with van der Waals surface area (Å²) in [6, 6.07) is 0.607. The molecule has 0 aromatic carbocycles. The predicted octanol–water partition coefficient (Wildman–Crippen LogP) is 0.917. The summed E-state index contributed by atoms with van der Waals surface area (Å²) >= 11 is 0. The van der Waals surface area contributed by atoms with E-state index in [1.54, 1.807) is 0 Å². The van der Waals surface area contributed by atoms with Crippen molar-refractivity contribution in [2.45, 2.75) is 25.8 Å². The van der Waals surface area contributed by atoms with Gasteiger partial charge in [0, 0.05) is 32.4 Å². The van der Waals surface area contributed by atoms with Crippen molar-refractivity contribution >= 4 is 5.95 Å². The molecule has 0 saturated carbocycles. The molecular formula is C11H20N4. The Labute approximate surface area is 91.3 Å². The van der Waals surface area contributed by atoms with Gasteiger partial charge in [-0.05, 0) is 26.8 Å². The van der Waals surface area contributed by atoms with Gasteiger partial charge in [-0.1, -0.05) is 0 Å². The number of imidazole rings is 1. The first-order valence-electron chi connectivity index (χ1n) is 5.63. The van der Waals surface area contributed by atoms with Crippen LogP contribution in [0, 0.1) is 6.92 Å². The van der Waals surface area contributed by atoms with Gasteiger partial charge in [-0.2, -0.15) is 0 Å². The third kappa shape index (κ3) is 2.15. The highest BCUT2D eigenvalue weighted by atomic mass is 15.3. The lowest BCUT2D eigenvalue weighted by molar-refractivity contribution is 0.443. The first kappa shape index (κ1) is 10.5. The van der Waals surface area contributed by atoms with Gasteiger partial charge >= 0.3 is 0 Å². The average Bonchev–Trinajstić information content (AvgIpc) is 2.58. The zero-order chi connectivity index (χ0) is 10.8. The Morgan fingerprint density at radius 2 is 2.33 bits per heavy atom. The van der Waals surface area contributed by atoms with E-state index in [0.717, 1.165) is 24.7 Å². The summed E-state index contributed by atoms with van der Waals surface area (Å²) < 4.78 is 2.12. The molecule has 1 N–H and O–H groups in total. The molecule has 1 aromatic rings. The molecule has 1 aromatic heterocycles. The van der Waals surface area contributed by atoms with E-state index in [4.69, 9.17) is 0 Å². The maximum atomic E-state index is 4.56. The highest BCUT2D eigenvalue weighted by Crippen LogP contribution is 2.18. The Balaban J connectivity index is 2.13.